The average Bonchev–Trinajstić information content (AvgIpc) is 3.82. The number of hydrogen-bond acceptors (Lipinski definition) is 2. The minimum absolute atomic E-state index is 0.133. The molecular weight excluding hydrogens is 655 g/mol. The fourth-order valence-electron chi connectivity index (χ4n) is 9.77. The van der Waals surface area contributed by atoms with Crippen LogP contribution in [0, 0.1) is 0 Å². The monoisotopic (exact) mass is 691 g/mol. The van der Waals surface area contributed by atoms with Crippen LogP contribution in [0.5, 0.6) is 0 Å². The summed E-state index contributed by atoms with van der Waals surface area (Å²) in [5.74, 6) is 0. The first kappa shape index (κ1) is 30.9. The molecule has 0 saturated carbocycles. The number of hydrogen-bond donors (Lipinski definition) is 0. The molecule has 0 aliphatic heterocycles. The van der Waals surface area contributed by atoms with Gasteiger partial charge in [-0.3, -0.25) is 0 Å². The molecule has 0 bridgehead atoms. The summed E-state index contributed by atoms with van der Waals surface area (Å²) < 4.78 is 6.54. The van der Waals surface area contributed by atoms with Crippen LogP contribution in [0.4, 0.5) is 17.1 Å². The van der Waals surface area contributed by atoms with Crippen LogP contribution < -0.4 is 4.90 Å². The lowest BCUT2D eigenvalue weighted by Gasteiger charge is -2.35. The molecule has 8 aromatic carbocycles. The molecule has 0 saturated heterocycles. The molecule has 0 atom stereocenters. The lowest BCUT2D eigenvalue weighted by molar-refractivity contribution is 0.660. The minimum Gasteiger partial charge on any atom is -0.456 e. The Labute approximate surface area is 315 Å². The van der Waals surface area contributed by atoms with E-state index in [1.54, 1.807) is 0 Å². The predicted octanol–water partition coefficient (Wildman–Crippen LogP) is 13.7. The molecule has 11 rings (SSSR count). The van der Waals surface area contributed by atoms with Crippen LogP contribution in [-0.2, 0) is 10.8 Å². The van der Waals surface area contributed by atoms with E-state index >= 15 is 0 Å². The Morgan fingerprint density at radius 2 is 0.981 bits per heavy atom. The van der Waals surface area contributed by atoms with Crippen LogP contribution in [0.2, 0.25) is 0 Å². The molecule has 0 unspecified atom stereocenters. The highest BCUT2D eigenvalue weighted by atomic mass is 16.3. The Kier molecular flexibility index (Phi) is 6.55. The zero-order valence-electron chi connectivity index (χ0n) is 30.3. The standard InChI is InChI=1S/C52H37NO/c1-51(2)43-23-12-10-22-42(43)50-45(51)25-15-26-47(50)53(37-29-31-41-40-21-11-14-27-48(40)54-49(41)33-37)36-28-30-39-38-20-9-13-24-44(38)52(46(39)32-36,34-16-5-3-6-17-34)35-18-7-4-8-19-35/h3-33H,1-2H3. The molecule has 0 fully saturated rings. The van der Waals surface area contributed by atoms with Gasteiger partial charge in [-0.1, -0.05) is 159 Å². The van der Waals surface area contributed by atoms with Crippen LogP contribution in [0.25, 0.3) is 44.2 Å². The van der Waals surface area contributed by atoms with Crippen LogP contribution in [0.3, 0.4) is 0 Å². The van der Waals surface area contributed by atoms with Gasteiger partial charge in [0.1, 0.15) is 11.2 Å². The first-order valence-electron chi connectivity index (χ1n) is 18.9. The number of fused-ring (bicyclic) bond motifs is 9. The van der Waals surface area contributed by atoms with E-state index in [0.29, 0.717) is 0 Å². The zero-order valence-corrected chi connectivity index (χ0v) is 30.3. The number of furan rings is 1. The Balaban J connectivity index is 1.22. The van der Waals surface area contributed by atoms with Crippen LogP contribution in [0.15, 0.2) is 192 Å². The summed E-state index contributed by atoms with van der Waals surface area (Å²) in [5, 5.41) is 2.25. The summed E-state index contributed by atoms with van der Waals surface area (Å²) in [6.07, 6.45) is 0. The quantitative estimate of drug-likeness (QED) is 0.179. The maximum Gasteiger partial charge on any atom is 0.137 e. The molecule has 2 nitrogen and oxygen atoms in total. The van der Waals surface area contributed by atoms with Gasteiger partial charge in [-0.05, 0) is 86.5 Å². The second-order valence-corrected chi connectivity index (χ2v) is 15.2. The third-order valence-corrected chi connectivity index (χ3v) is 12.1. The molecule has 0 radical (unpaired) electrons. The van der Waals surface area contributed by atoms with Gasteiger partial charge in [-0.25, -0.2) is 0 Å². The molecule has 0 spiro atoms. The zero-order chi connectivity index (χ0) is 36.0. The summed E-state index contributed by atoms with van der Waals surface area (Å²) in [6.45, 7) is 4.71. The van der Waals surface area contributed by atoms with Crippen molar-refractivity contribution in [1.82, 2.24) is 0 Å². The van der Waals surface area contributed by atoms with Crippen molar-refractivity contribution < 1.29 is 4.42 Å². The van der Waals surface area contributed by atoms with Gasteiger partial charge in [0.05, 0.1) is 11.1 Å². The summed E-state index contributed by atoms with van der Waals surface area (Å²) in [6, 6.07) is 69.0. The van der Waals surface area contributed by atoms with Crippen LogP contribution >= 0.6 is 0 Å². The average molecular weight is 692 g/mol. The van der Waals surface area contributed by atoms with E-state index in [1.165, 1.54) is 55.6 Å². The van der Waals surface area contributed by atoms with Crippen molar-refractivity contribution in [3.05, 3.63) is 221 Å². The van der Waals surface area contributed by atoms with Gasteiger partial charge in [0.25, 0.3) is 0 Å². The molecule has 0 amide bonds. The van der Waals surface area contributed by atoms with E-state index in [1.807, 2.05) is 6.07 Å². The van der Waals surface area contributed by atoms with Gasteiger partial charge in [0, 0.05) is 39.2 Å². The largest absolute Gasteiger partial charge is 0.456 e. The summed E-state index contributed by atoms with van der Waals surface area (Å²) in [7, 11) is 0. The molecule has 2 aliphatic carbocycles. The number of benzene rings is 8. The van der Waals surface area contributed by atoms with Crippen molar-refractivity contribution >= 4 is 39.0 Å². The van der Waals surface area contributed by atoms with Crippen molar-refractivity contribution in [2.24, 2.45) is 0 Å². The van der Waals surface area contributed by atoms with Crippen LogP contribution in [-0.4, -0.2) is 0 Å². The predicted molar refractivity (Wildman–Crippen MR) is 223 cm³/mol. The molecule has 2 heteroatoms. The van der Waals surface area contributed by atoms with Crippen molar-refractivity contribution in [1.29, 1.82) is 0 Å². The molecule has 9 aromatic rings. The van der Waals surface area contributed by atoms with Crippen molar-refractivity contribution in [2.75, 3.05) is 4.90 Å². The summed E-state index contributed by atoms with van der Waals surface area (Å²) in [4.78, 5) is 2.47. The minimum atomic E-state index is -0.508. The van der Waals surface area contributed by atoms with Crippen molar-refractivity contribution in [3.63, 3.8) is 0 Å². The molecule has 0 N–H and O–H groups in total. The lowest BCUT2D eigenvalue weighted by Crippen LogP contribution is -2.28. The molecule has 54 heavy (non-hydrogen) atoms. The Bertz CT molecular complexity index is 2880. The highest BCUT2D eigenvalue weighted by Gasteiger charge is 2.46. The Morgan fingerprint density at radius 3 is 1.76 bits per heavy atom. The fraction of sp³-hybridized carbons (Fsp3) is 0.0769. The van der Waals surface area contributed by atoms with Crippen LogP contribution in [0.1, 0.15) is 47.2 Å². The summed E-state index contributed by atoms with van der Waals surface area (Å²) >= 11 is 0. The SMILES string of the molecule is CC1(C)c2ccccc2-c2c(N(c3ccc4c(c3)C(c3ccccc3)(c3ccccc3)c3ccccc3-4)c3ccc4c(c3)oc3ccccc34)cccc21. The second kappa shape index (κ2) is 11.4. The van der Waals surface area contributed by atoms with Gasteiger partial charge < -0.3 is 9.32 Å². The fourth-order valence-corrected chi connectivity index (χ4v) is 9.77. The van der Waals surface area contributed by atoms with E-state index < -0.39 is 5.41 Å². The topological polar surface area (TPSA) is 16.4 Å². The Morgan fingerprint density at radius 1 is 0.407 bits per heavy atom. The number of anilines is 3. The van der Waals surface area contributed by atoms with Crippen molar-refractivity contribution in [2.45, 2.75) is 24.7 Å². The maximum absolute atomic E-state index is 6.54. The maximum atomic E-state index is 6.54. The van der Waals surface area contributed by atoms with Gasteiger partial charge in [0.15, 0.2) is 0 Å². The van der Waals surface area contributed by atoms with E-state index in [9.17, 15) is 0 Å². The van der Waals surface area contributed by atoms with Gasteiger partial charge in [-0.2, -0.15) is 0 Å². The molecular formula is C52H37NO. The van der Waals surface area contributed by atoms with Crippen molar-refractivity contribution in [3.8, 4) is 22.3 Å². The van der Waals surface area contributed by atoms with Gasteiger partial charge in [0.2, 0.25) is 0 Å². The molecule has 256 valence electrons. The third-order valence-electron chi connectivity index (χ3n) is 12.1. The molecule has 2 aliphatic rings. The van der Waals surface area contributed by atoms with E-state index in [0.717, 1.165) is 39.0 Å². The Hall–Kier alpha value is -6.64. The van der Waals surface area contributed by atoms with Gasteiger partial charge >= 0.3 is 0 Å². The third kappa shape index (κ3) is 4.17. The van der Waals surface area contributed by atoms with Gasteiger partial charge in [-0.15, -0.1) is 0 Å². The highest BCUT2D eigenvalue weighted by molar-refractivity contribution is 6.06. The molecule has 1 aromatic heterocycles. The van der Waals surface area contributed by atoms with E-state index in [2.05, 4.69) is 201 Å². The second-order valence-electron chi connectivity index (χ2n) is 15.2. The normalized spacial score (nSPS) is 14.4. The molecule has 1 heterocycles. The lowest BCUT2D eigenvalue weighted by atomic mass is 9.67. The number of rotatable bonds is 5. The number of para-hydroxylation sites is 1. The first-order chi connectivity index (χ1) is 26.5. The number of nitrogens with zero attached hydrogens (tertiary/aromatic N) is 1. The summed E-state index contributed by atoms with van der Waals surface area (Å²) in [5.41, 5.74) is 17.4. The smallest absolute Gasteiger partial charge is 0.137 e. The highest BCUT2D eigenvalue weighted by Crippen LogP contribution is 2.59. The van der Waals surface area contributed by atoms with E-state index in [4.69, 9.17) is 4.42 Å². The van der Waals surface area contributed by atoms with E-state index in [-0.39, 0.29) is 5.41 Å². The first-order valence-corrected chi connectivity index (χ1v) is 18.9.